The van der Waals surface area contributed by atoms with Crippen molar-refractivity contribution in [3.05, 3.63) is 59.7 Å². The van der Waals surface area contributed by atoms with Gasteiger partial charge in [-0.05, 0) is 43.7 Å². The molecule has 0 aliphatic carbocycles. The van der Waals surface area contributed by atoms with Gasteiger partial charge in [-0.1, -0.05) is 12.1 Å². The molecule has 1 N–H and O–H groups in total. The molecule has 1 aromatic carbocycles. The lowest BCUT2D eigenvalue weighted by Gasteiger charge is -2.15. The molecule has 1 unspecified atom stereocenters. The quantitative estimate of drug-likeness (QED) is 0.596. The van der Waals surface area contributed by atoms with E-state index in [0.717, 1.165) is 5.56 Å². The number of carbonyl (C=O) groups is 1. The highest BCUT2D eigenvalue weighted by Gasteiger charge is 2.16. The lowest BCUT2D eigenvalue weighted by Crippen LogP contribution is -2.10. The Hall–Kier alpha value is -3.06. The normalized spacial score (nSPS) is 12.1. The fourth-order valence-corrected chi connectivity index (χ4v) is 2.63. The molecule has 0 radical (unpaired) electrons. The van der Waals surface area contributed by atoms with Gasteiger partial charge in [0.2, 0.25) is 0 Å². The van der Waals surface area contributed by atoms with Gasteiger partial charge in [0, 0.05) is 6.61 Å². The molecule has 1 atom stereocenters. The van der Waals surface area contributed by atoms with Gasteiger partial charge in [-0.3, -0.25) is 4.79 Å². The maximum absolute atomic E-state index is 11.0. The second-order valence-corrected chi connectivity index (χ2v) is 5.90. The predicted molar refractivity (Wildman–Crippen MR) is 96.3 cm³/mol. The SMILES string of the molecule is CCOC(CC(=O)O)c1ccc(OCc2nc(-c3ccco3)oc2C)cc1. The summed E-state index contributed by atoms with van der Waals surface area (Å²) < 4.78 is 22.2. The number of benzene rings is 1. The van der Waals surface area contributed by atoms with Crippen LogP contribution in [0, 0.1) is 6.92 Å². The first-order chi connectivity index (χ1) is 13.1. The minimum Gasteiger partial charge on any atom is -0.487 e. The number of oxazole rings is 1. The van der Waals surface area contributed by atoms with E-state index in [9.17, 15) is 4.79 Å². The Morgan fingerprint density at radius 2 is 2.04 bits per heavy atom. The Morgan fingerprint density at radius 3 is 2.67 bits per heavy atom. The molecule has 7 nitrogen and oxygen atoms in total. The maximum atomic E-state index is 11.0. The van der Waals surface area contributed by atoms with E-state index in [1.165, 1.54) is 0 Å². The molecule has 0 saturated carbocycles. The minimum absolute atomic E-state index is 0.0816. The fraction of sp³-hybridized carbons (Fsp3) is 0.300. The van der Waals surface area contributed by atoms with Gasteiger partial charge >= 0.3 is 5.97 Å². The van der Waals surface area contributed by atoms with Crippen LogP contribution >= 0.6 is 0 Å². The molecule has 27 heavy (non-hydrogen) atoms. The first-order valence-electron chi connectivity index (χ1n) is 8.63. The third kappa shape index (κ3) is 4.77. The van der Waals surface area contributed by atoms with Gasteiger partial charge in [-0.2, -0.15) is 0 Å². The lowest BCUT2D eigenvalue weighted by atomic mass is 10.1. The average molecular weight is 371 g/mol. The topological polar surface area (TPSA) is 94.9 Å². The zero-order chi connectivity index (χ0) is 19.2. The van der Waals surface area contributed by atoms with Crippen LogP contribution in [0.5, 0.6) is 5.75 Å². The molecular weight excluding hydrogens is 350 g/mol. The van der Waals surface area contributed by atoms with Gasteiger partial charge < -0.3 is 23.4 Å². The Bertz CT molecular complexity index is 867. The molecule has 0 amide bonds. The van der Waals surface area contributed by atoms with Crippen molar-refractivity contribution >= 4 is 5.97 Å². The number of hydrogen-bond acceptors (Lipinski definition) is 6. The van der Waals surface area contributed by atoms with Crippen LogP contribution in [0.15, 0.2) is 51.5 Å². The van der Waals surface area contributed by atoms with Crippen molar-refractivity contribution in [3.63, 3.8) is 0 Å². The van der Waals surface area contributed by atoms with Crippen LogP contribution in [0.25, 0.3) is 11.7 Å². The molecule has 142 valence electrons. The lowest BCUT2D eigenvalue weighted by molar-refractivity contribution is -0.140. The summed E-state index contributed by atoms with van der Waals surface area (Å²) in [4.78, 5) is 15.4. The predicted octanol–water partition coefficient (Wildman–Crippen LogP) is 4.37. The summed E-state index contributed by atoms with van der Waals surface area (Å²) in [7, 11) is 0. The zero-order valence-electron chi connectivity index (χ0n) is 15.2. The number of carboxylic acid groups (broad SMARTS) is 1. The third-order valence-corrected chi connectivity index (χ3v) is 3.98. The molecule has 0 spiro atoms. The summed E-state index contributed by atoms with van der Waals surface area (Å²) >= 11 is 0. The van der Waals surface area contributed by atoms with Crippen molar-refractivity contribution in [2.24, 2.45) is 0 Å². The van der Waals surface area contributed by atoms with Crippen LogP contribution < -0.4 is 4.74 Å². The molecular formula is C20H21NO6. The molecule has 0 bridgehead atoms. The summed E-state index contributed by atoms with van der Waals surface area (Å²) in [6.45, 7) is 4.35. The van der Waals surface area contributed by atoms with Crippen LogP contribution in [0.4, 0.5) is 0 Å². The summed E-state index contributed by atoms with van der Waals surface area (Å²) in [6, 6.07) is 10.7. The van der Waals surface area contributed by atoms with Gasteiger partial charge in [-0.25, -0.2) is 4.98 Å². The summed E-state index contributed by atoms with van der Waals surface area (Å²) in [5.41, 5.74) is 1.48. The first-order valence-corrected chi connectivity index (χ1v) is 8.63. The number of furan rings is 1. The van der Waals surface area contributed by atoms with Gasteiger partial charge in [0.25, 0.3) is 5.89 Å². The van der Waals surface area contributed by atoms with E-state index in [2.05, 4.69) is 4.98 Å². The molecule has 2 heterocycles. The zero-order valence-corrected chi connectivity index (χ0v) is 15.2. The number of aromatic nitrogens is 1. The van der Waals surface area contributed by atoms with Crippen molar-refractivity contribution in [2.75, 3.05) is 6.61 Å². The second kappa shape index (κ2) is 8.55. The summed E-state index contributed by atoms with van der Waals surface area (Å²) in [5.74, 6) is 1.39. The van der Waals surface area contributed by atoms with Crippen LogP contribution in [-0.4, -0.2) is 22.7 Å². The number of rotatable bonds is 9. The van der Waals surface area contributed by atoms with Gasteiger partial charge in [-0.15, -0.1) is 0 Å². The number of ether oxygens (including phenoxy) is 2. The van der Waals surface area contributed by atoms with Crippen molar-refractivity contribution in [3.8, 4) is 17.4 Å². The molecule has 3 aromatic rings. The second-order valence-electron chi connectivity index (χ2n) is 5.90. The Morgan fingerprint density at radius 1 is 1.26 bits per heavy atom. The monoisotopic (exact) mass is 371 g/mol. The largest absolute Gasteiger partial charge is 0.487 e. The standard InChI is InChI=1S/C20H21NO6/c1-3-24-18(11-19(22)23)14-6-8-15(9-7-14)26-12-16-13(2)27-20(21-16)17-5-4-10-25-17/h4-10,18H,3,11-12H2,1-2H3,(H,22,23). The number of aliphatic carboxylic acids is 1. The highest BCUT2D eigenvalue weighted by Crippen LogP contribution is 2.25. The van der Waals surface area contributed by atoms with E-state index in [1.807, 2.05) is 26.0 Å². The van der Waals surface area contributed by atoms with E-state index in [-0.39, 0.29) is 13.0 Å². The van der Waals surface area contributed by atoms with Gasteiger partial charge in [0.1, 0.15) is 23.8 Å². The molecule has 7 heteroatoms. The smallest absolute Gasteiger partial charge is 0.306 e. The Labute approximate surface area is 156 Å². The van der Waals surface area contributed by atoms with E-state index in [1.54, 1.807) is 30.5 Å². The highest BCUT2D eigenvalue weighted by molar-refractivity contribution is 5.67. The number of nitrogens with zero attached hydrogens (tertiary/aromatic N) is 1. The minimum atomic E-state index is -0.900. The molecule has 3 rings (SSSR count). The molecule has 0 aliphatic heterocycles. The van der Waals surface area contributed by atoms with Gasteiger partial charge in [0.15, 0.2) is 5.76 Å². The number of hydrogen-bond donors (Lipinski definition) is 1. The molecule has 0 aliphatic rings. The van der Waals surface area contributed by atoms with Crippen molar-refractivity contribution in [1.82, 2.24) is 4.98 Å². The van der Waals surface area contributed by atoms with Crippen LogP contribution in [0.3, 0.4) is 0 Å². The van der Waals surface area contributed by atoms with Crippen molar-refractivity contribution in [2.45, 2.75) is 33.0 Å². The average Bonchev–Trinajstić information content (AvgIpc) is 3.29. The maximum Gasteiger partial charge on any atom is 0.306 e. The Balaban J connectivity index is 1.64. The summed E-state index contributed by atoms with van der Waals surface area (Å²) in [6.07, 6.45) is 1.00. The van der Waals surface area contributed by atoms with Crippen molar-refractivity contribution in [1.29, 1.82) is 0 Å². The van der Waals surface area contributed by atoms with E-state index in [0.29, 0.717) is 35.5 Å². The highest BCUT2D eigenvalue weighted by atomic mass is 16.5. The molecule has 2 aromatic heterocycles. The van der Waals surface area contributed by atoms with Crippen LogP contribution in [0.1, 0.15) is 36.5 Å². The number of aryl methyl sites for hydroxylation is 1. The molecule has 0 fully saturated rings. The van der Waals surface area contributed by atoms with E-state index in [4.69, 9.17) is 23.4 Å². The van der Waals surface area contributed by atoms with Crippen molar-refractivity contribution < 1.29 is 28.2 Å². The van der Waals surface area contributed by atoms with Gasteiger partial charge in [0.05, 0.1) is 18.8 Å². The van der Waals surface area contributed by atoms with Crippen LogP contribution in [-0.2, 0) is 16.1 Å². The Kier molecular flexibility index (Phi) is 5.93. The fourth-order valence-electron chi connectivity index (χ4n) is 2.63. The summed E-state index contributed by atoms with van der Waals surface area (Å²) in [5, 5.41) is 9.01. The number of carboxylic acids is 1. The third-order valence-electron chi connectivity index (χ3n) is 3.98. The first kappa shape index (κ1) is 18.7. The van der Waals surface area contributed by atoms with E-state index < -0.39 is 12.1 Å². The van der Waals surface area contributed by atoms with Crippen LogP contribution in [0.2, 0.25) is 0 Å². The van der Waals surface area contributed by atoms with E-state index >= 15 is 0 Å². The molecule has 0 saturated heterocycles.